The Balaban J connectivity index is 2.13. The third-order valence-electron chi connectivity index (χ3n) is 3.66. The second-order valence-corrected chi connectivity index (χ2v) is 7.22. The third kappa shape index (κ3) is 3.09. The lowest BCUT2D eigenvalue weighted by atomic mass is 10.0. The Bertz CT molecular complexity index is 598. The summed E-state index contributed by atoms with van der Waals surface area (Å²) in [6.45, 7) is 0.658. The van der Waals surface area contributed by atoms with Crippen LogP contribution >= 0.6 is 0 Å². The van der Waals surface area contributed by atoms with Crippen LogP contribution in [0.3, 0.4) is 0 Å². The molecule has 1 aromatic rings. The van der Waals surface area contributed by atoms with E-state index in [9.17, 15) is 13.2 Å². The number of likely N-dealkylation sites (tertiary alicyclic amines) is 1. The minimum absolute atomic E-state index is 0.162. The molecule has 1 fully saturated rings. The van der Waals surface area contributed by atoms with Crippen LogP contribution in [-0.4, -0.2) is 57.1 Å². The summed E-state index contributed by atoms with van der Waals surface area (Å²) in [7, 11) is 0.488. The highest BCUT2D eigenvalue weighted by Gasteiger charge is 2.26. The summed E-state index contributed by atoms with van der Waals surface area (Å²) >= 11 is 0. The van der Waals surface area contributed by atoms with E-state index in [1.54, 1.807) is 24.1 Å². The lowest BCUT2D eigenvalue weighted by molar-refractivity contribution is -0.132. The van der Waals surface area contributed by atoms with Crippen LogP contribution < -0.4 is 4.90 Å². The molecule has 1 aliphatic rings. The van der Waals surface area contributed by atoms with Crippen LogP contribution in [-0.2, 0) is 14.6 Å². The van der Waals surface area contributed by atoms with Crippen molar-refractivity contribution in [3.63, 3.8) is 0 Å². The zero-order valence-corrected chi connectivity index (χ0v) is 12.7. The summed E-state index contributed by atoms with van der Waals surface area (Å²) in [4.78, 5) is 19.6. The molecule has 1 aromatic heterocycles. The number of piperidine rings is 1. The number of likely N-dealkylation sites (N-methyl/N-ethyl adjacent to an activating group) is 2. The van der Waals surface area contributed by atoms with Crippen LogP contribution in [0.25, 0.3) is 0 Å². The number of pyridine rings is 1. The smallest absolute Gasteiger partial charge is 0.222 e. The van der Waals surface area contributed by atoms with Gasteiger partial charge in [0.15, 0.2) is 9.84 Å². The molecule has 1 saturated heterocycles. The first-order chi connectivity index (χ1) is 9.29. The zero-order valence-electron chi connectivity index (χ0n) is 11.9. The van der Waals surface area contributed by atoms with Crippen LogP contribution in [0.2, 0.25) is 0 Å². The number of anilines is 1. The highest BCUT2D eigenvalue weighted by Crippen LogP contribution is 2.20. The Morgan fingerprint density at radius 1 is 1.40 bits per heavy atom. The van der Waals surface area contributed by atoms with E-state index in [-0.39, 0.29) is 16.8 Å². The molecule has 0 radical (unpaired) electrons. The fourth-order valence-electron chi connectivity index (χ4n) is 2.29. The van der Waals surface area contributed by atoms with Crippen molar-refractivity contribution in [2.45, 2.75) is 23.8 Å². The number of aromatic nitrogens is 1. The summed E-state index contributed by atoms with van der Waals surface area (Å²) in [6, 6.07) is 3.47. The Labute approximate surface area is 119 Å². The number of sulfone groups is 1. The van der Waals surface area contributed by atoms with Crippen molar-refractivity contribution < 1.29 is 13.2 Å². The van der Waals surface area contributed by atoms with E-state index in [1.165, 1.54) is 6.20 Å². The Kier molecular flexibility index (Phi) is 3.99. The van der Waals surface area contributed by atoms with Crippen LogP contribution in [0.15, 0.2) is 23.2 Å². The monoisotopic (exact) mass is 297 g/mol. The molecule has 2 rings (SSSR count). The van der Waals surface area contributed by atoms with Gasteiger partial charge in [-0.15, -0.1) is 0 Å². The van der Waals surface area contributed by atoms with Gasteiger partial charge in [0.25, 0.3) is 0 Å². The minimum atomic E-state index is -3.22. The highest BCUT2D eigenvalue weighted by molar-refractivity contribution is 7.90. The molecule has 1 unspecified atom stereocenters. The molecule has 0 saturated carbocycles. The van der Waals surface area contributed by atoms with Crippen molar-refractivity contribution in [1.29, 1.82) is 0 Å². The molecular weight excluding hydrogens is 278 g/mol. The summed E-state index contributed by atoms with van der Waals surface area (Å²) < 4.78 is 22.8. The van der Waals surface area contributed by atoms with E-state index in [0.717, 1.165) is 12.7 Å². The third-order valence-corrected chi connectivity index (χ3v) is 4.76. The van der Waals surface area contributed by atoms with E-state index < -0.39 is 9.84 Å². The first-order valence-corrected chi connectivity index (χ1v) is 8.31. The number of hydrogen-bond donors (Lipinski definition) is 0. The molecule has 0 aromatic carbocycles. The molecule has 0 aliphatic carbocycles. The van der Waals surface area contributed by atoms with Gasteiger partial charge in [0.2, 0.25) is 5.91 Å². The second-order valence-electron chi connectivity index (χ2n) is 5.20. The number of nitrogens with zero attached hydrogens (tertiary/aromatic N) is 3. The SMILES string of the molecule is CN1CC(N(C)c2ccc(S(C)(=O)=O)cn2)CCC1=O. The second kappa shape index (κ2) is 5.40. The van der Waals surface area contributed by atoms with E-state index in [4.69, 9.17) is 0 Å². The van der Waals surface area contributed by atoms with Gasteiger partial charge in [-0.25, -0.2) is 13.4 Å². The first-order valence-electron chi connectivity index (χ1n) is 6.42. The number of rotatable bonds is 3. The molecule has 1 aliphatic heterocycles. The van der Waals surface area contributed by atoms with Crippen molar-refractivity contribution in [1.82, 2.24) is 9.88 Å². The van der Waals surface area contributed by atoms with E-state index in [1.807, 2.05) is 11.9 Å². The van der Waals surface area contributed by atoms with E-state index in [2.05, 4.69) is 4.98 Å². The summed E-state index contributed by atoms with van der Waals surface area (Å²) in [5.74, 6) is 0.875. The lowest BCUT2D eigenvalue weighted by Crippen LogP contribution is -2.47. The molecule has 0 bridgehead atoms. The average Bonchev–Trinajstić information content (AvgIpc) is 2.40. The Morgan fingerprint density at radius 2 is 2.10 bits per heavy atom. The lowest BCUT2D eigenvalue weighted by Gasteiger charge is -2.36. The maximum absolute atomic E-state index is 11.5. The van der Waals surface area contributed by atoms with E-state index >= 15 is 0 Å². The van der Waals surface area contributed by atoms with Gasteiger partial charge >= 0.3 is 0 Å². The van der Waals surface area contributed by atoms with Crippen molar-refractivity contribution in [3.05, 3.63) is 18.3 Å². The minimum Gasteiger partial charge on any atom is -0.355 e. The Morgan fingerprint density at radius 3 is 2.60 bits per heavy atom. The van der Waals surface area contributed by atoms with E-state index in [0.29, 0.717) is 18.8 Å². The predicted octanol–water partition coefficient (Wildman–Crippen LogP) is 0.542. The predicted molar refractivity (Wildman–Crippen MR) is 76.4 cm³/mol. The average molecular weight is 297 g/mol. The number of hydrogen-bond acceptors (Lipinski definition) is 5. The number of amides is 1. The van der Waals surface area contributed by atoms with Crippen molar-refractivity contribution in [3.8, 4) is 0 Å². The van der Waals surface area contributed by atoms with Crippen molar-refractivity contribution in [2.24, 2.45) is 0 Å². The normalized spacial score (nSPS) is 20.1. The van der Waals surface area contributed by atoms with Crippen LogP contribution in [0, 0.1) is 0 Å². The van der Waals surface area contributed by atoms with Gasteiger partial charge in [-0.1, -0.05) is 0 Å². The molecule has 7 heteroatoms. The first kappa shape index (κ1) is 14.8. The number of carbonyl (C=O) groups is 1. The van der Waals surface area contributed by atoms with Gasteiger partial charge in [-0.2, -0.15) is 0 Å². The molecule has 6 nitrogen and oxygen atoms in total. The van der Waals surface area contributed by atoms with Crippen LogP contribution in [0.5, 0.6) is 0 Å². The topological polar surface area (TPSA) is 70.6 Å². The van der Waals surface area contributed by atoms with Gasteiger partial charge in [0.1, 0.15) is 5.82 Å². The molecule has 0 spiro atoms. The molecule has 1 amide bonds. The maximum Gasteiger partial charge on any atom is 0.222 e. The highest BCUT2D eigenvalue weighted by atomic mass is 32.2. The molecule has 110 valence electrons. The van der Waals surface area contributed by atoms with Gasteiger partial charge in [0, 0.05) is 45.6 Å². The standard InChI is InChI=1S/C13H19N3O3S/c1-15-9-10(4-7-13(15)17)16(2)12-6-5-11(8-14-12)20(3,18)19/h5-6,8,10H,4,7,9H2,1-3H3. The van der Waals surface area contributed by atoms with Gasteiger partial charge < -0.3 is 9.80 Å². The van der Waals surface area contributed by atoms with Crippen molar-refractivity contribution >= 4 is 21.6 Å². The van der Waals surface area contributed by atoms with Gasteiger partial charge in [-0.05, 0) is 18.6 Å². The van der Waals surface area contributed by atoms with Crippen LogP contribution in [0.1, 0.15) is 12.8 Å². The largest absolute Gasteiger partial charge is 0.355 e. The Hall–Kier alpha value is -1.63. The molecule has 0 N–H and O–H groups in total. The van der Waals surface area contributed by atoms with Gasteiger partial charge in [-0.3, -0.25) is 4.79 Å². The van der Waals surface area contributed by atoms with Gasteiger partial charge in [0.05, 0.1) is 4.90 Å². The van der Waals surface area contributed by atoms with Crippen LogP contribution in [0.4, 0.5) is 5.82 Å². The number of carbonyl (C=O) groups excluding carboxylic acids is 1. The molecule has 2 heterocycles. The summed E-state index contributed by atoms with van der Waals surface area (Å²) in [5, 5.41) is 0. The zero-order chi connectivity index (χ0) is 14.9. The van der Waals surface area contributed by atoms with Crippen molar-refractivity contribution in [2.75, 3.05) is 31.8 Å². The summed E-state index contributed by atoms with van der Waals surface area (Å²) in [5.41, 5.74) is 0. The summed E-state index contributed by atoms with van der Waals surface area (Å²) in [6.07, 6.45) is 3.86. The molecular formula is C13H19N3O3S. The quantitative estimate of drug-likeness (QED) is 0.814. The fraction of sp³-hybridized carbons (Fsp3) is 0.538. The maximum atomic E-state index is 11.5. The molecule has 1 atom stereocenters. The molecule has 20 heavy (non-hydrogen) atoms. The fourth-order valence-corrected chi connectivity index (χ4v) is 2.85.